The molecule has 0 bridgehead atoms. The lowest BCUT2D eigenvalue weighted by atomic mass is 10.0. The van der Waals surface area contributed by atoms with Crippen LogP contribution in [-0.4, -0.2) is 34.6 Å². The van der Waals surface area contributed by atoms with Crippen molar-refractivity contribution < 1.29 is 4.79 Å². The molecule has 1 aromatic rings. The number of carbonyl (C=O) groups excluding carboxylic acids is 1. The Morgan fingerprint density at radius 1 is 1.53 bits per heavy atom. The van der Waals surface area contributed by atoms with Crippen LogP contribution in [0.2, 0.25) is 0 Å². The van der Waals surface area contributed by atoms with Crippen LogP contribution in [-0.2, 0) is 11.3 Å². The quantitative estimate of drug-likeness (QED) is 0.881. The Bertz CT molecular complexity index is 378. The second kappa shape index (κ2) is 9.18. The lowest BCUT2D eigenvalue weighted by molar-refractivity contribution is -0.123. The van der Waals surface area contributed by atoms with Crippen molar-refractivity contribution in [1.82, 2.24) is 20.2 Å². The van der Waals surface area contributed by atoms with Crippen LogP contribution in [0, 0.1) is 6.92 Å². The summed E-state index contributed by atoms with van der Waals surface area (Å²) in [4.78, 5) is 16.0. The van der Waals surface area contributed by atoms with Crippen LogP contribution in [0.5, 0.6) is 0 Å². The van der Waals surface area contributed by atoms with E-state index in [-0.39, 0.29) is 36.8 Å². The Morgan fingerprint density at radius 3 is 2.89 bits per heavy atom. The number of amides is 1. The van der Waals surface area contributed by atoms with E-state index in [2.05, 4.69) is 15.6 Å². The number of rotatable bonds is 4. The fraction of sp³-hybridized carbons (Fsp3) is 0.667. The van der Waals surface area contributed by atoms with E-state index in [1.54, 1.807) is 6.20 Å². The second-order valence-electron chi connectivity index (χ2n) is 4.46. The first kappa shape index (κ1) is 18.2. The number of halogens is 2. The molecule has 0 aromatic carbocycles. The van der Waals surface area contributed by atoms with E-state index in [0.717, 1.165) is 31.8 Å². The molecule has 110 valence electrons. The van der Waals surface area contributed by atoms with Gasteiger partial charge in [-0.25, -0.2) is 4.98 Å². The number of nitrogens with zero attached hydrogens (tertiary/aromatic N) is 2. The number of piperidine rings is 1. The van der Waals surface area contributed by atoms with E-state index in [0.29, 0.717) is 6.54 Å². The standard InChI is InChI=1S/C12H20N4O.2ClH/c1-10-13-6-8-16(10)9-7-15-12(17)11-4-2-3-5-14-11;;/h6,8,11,14H,2-5,7,9H2,1H3,(H,15,17);2*1H/t11-;;/m0../s1. The zero-order valence-electron chi connectivity index (χ0n) is 11.1. The minimum Gasteiger partial charge on any atom is -0.353 e. The smallest absolute Gasteiger partial charge is 0.237 e. The average Bonchev–Trinajstić information content (AvgIpc) is 2.76. The van der Waals surface area contributed by atoms with Crippen LogP contribution in [0.25, 0.3) is 0 Å². The predicted octanol–water partition coefficient (Wildman–Crippen LogP) is 1.29. The summed E-state index contributed by atoms with van der Waals surface area (Å²) in [5.74, 6) is 1.11. The summed E-state index contributed by atoms with van der Waals surface area (Å²) >= 11 is 0. The van der Waals surface area contributed by atoms with Gasteiger partial charge in [0, 0.05) is 25.5 Å². The molecule has 1 saturated heterocycles. The average molecular weight is 309 g/mol. The molecule has 1 atom stereocenters. The first-order valence-electron chi connectivity index (χ1n) is 6.26. The number of imidazole rings is 1. The number of hydrogen-bond acceptors (Lipinski definition) is 3. The van der Waals surface area contributed by atoms with Gasteiger partial charge in [-0.15, -0.1) is 24.8 Å². The zero-order valence-corrected chi connectivity index (χ0v) is 12.7. The molecular weight excluding hydrogens is 287 g/mol. The lowest BCUT2D eigenvalue weighted by Gasteiger charge is -2.22. The number of carbonyl (C=O) groups is 1. The van der Waals surface area contributed by atoms with Crippen molar-refractivity contribution in [2.24, 2.45) is 0 Å². The van der Waals surface area contributed by atoms with Crippen LogP contribution in [0.3, 0.4) is 0 Å². The number of aryl methyl sites for hydroxylation is 1. The topological polar surface area (TPSA) is 59.0 Å². The van der Waals surface area contributed by atoms with Gasteiger partial charge in [-0.05, 0) is 26.3 Å². The monoisotopic (exact) mass is 308 g/mol. The van der Waals surface area contributed by atoms with Gasteiger partial charge in [-0.2, -0.15) is 0 Å². The van der Waals surface area contributed by atoms with Crippen LogP contribution >= 0.6 is 24.8 Å². The highest BCUT2D eigenvalue weighted by Gasteiger charge is 2.19. The van der Waals surface area contributed by atoms with Crippen LogP contribution in [0.4, 0.5) is 0 Å². The molecule has 1 amide bonds. The van der Waals surface area contributed by atoms with Gasteiger partial charge in [0.1, 0.15) is 5.82 Å². The first-order chi connectivity index (χ1) is 8.27. The molecule has 2 rings (SSSR count). The molecule has 0 spiro atoms. The Morgan fingerprint density at radius 2 is 2.32 bits per heavy atom. The van der Waals surface area contributed by atoms with Gasteiger partial charge >= 0.3 is 0 Å². The van der Waals surface area contributed by atoms with Crippen molar-refractivity contribution in [3.05, 3.63) is 18.2 Å². The zero-order chi connectivity index (χ0) is 12.1. The number of aromatic nitrogens is 2. The van der Waals surface area contributed by atoms with E-state index >= 15 is 0 Å². The maximum absolute atomic E-state index is 11.8. The van der Waals surface area contributed by atoms with Crippen LogP contribution < -0.4 is 10.6 Å². The number of nitrogens with one attached hydrogen (secondary N) is 2. The van der Waals surface area contributed by atoms with Gasteiger partial charge in [0.15, 0.2) is 0 Å². The third kappa shape index (κ3) is 5.38. The SMILES string of the molecule is Cc1nccn1CCNC(=O)[C@@H]1CCCCN1.Cl.Cl. The highest BCUT2D eigenvalue weighted by atomic mass is 35.5. The normalized spacial score (nSPS) is 18.1. The van der Waals surface area contributed by atoms with E-state index in [4.69, 9.17) is 0 Å². The van der Waals surface area contributed by atoms with Gasteiger partial charge in [0.2, 0.25) is 5.91 Å². The van der Waals surface area contributed by atoms with Crippen molar-refractivity contribution in [3.8, 4) is 0 Å². The highest BCUT2D eigenvalue weighted by Crippen LogP contribution is 2.06. The summed E-state index contributed by atoms with van der Waals surface area (Å²) in [5.41, 5.74) is 0. The van der Waals surface area contributed by atoms with E-state index < -0.39 is 0 Å². The van der Waals surface area contributed by atoms with E-state index in [1.165, 1.54) is 6.42 Å². The van der Waals surface area contributed by atoms with Gasteiger partial charge < -0.3 is 15.2 Å². The summed E-state index contributed by atoms with van der Waals surface area (Å²) in [7, 11) is 0. The Balaban J connectivity index is 0.00000162. The largest absolute Gasteiger partial charge is 0.353 e. The second-order valence-corrected chi connectivity index (χ2v) is 4.46. The predicted molar refractivity (Wildman–Crippen MR) is 80.1 cm³/mol. The maximum atomic E-state index is 11.8. The molecule has 1 aliphatic heterocycles. The van der Waals surface area contributed by atoms with Gasteiger partial charge in [-0.1, -0.05) is 6.42 Å². The Hall–Kier alpha value is -0.780. The first-order valence-corrected chi connectivity index (χ1v) is 6.26. The minimum absolute atomic E-state index is 0. The fourth-order valence-electron chi connectivity index (χ4n) is 2.14. The summed E-state index contributed by atoms with van der Waals surface area (Å²) in [6.07, 6.45) is 6.99. The minimum atomic E-state index is 0. The molecule has 19 heavy (non-hydrogen) atoms. The molecule has 0 aliphatic carbocycles. The summed E-state index contributed by atoms with van der Waals surface area (Å²) in [6.45, 7) is 4.36. The van der Waals surface area contributed by atoms with Crippen molar-refractivity contribution in [2.75, 3.05) is 13.1 Å². The van der Waals surface area contributed by atoms with Crippen LogP contribution in [0.15, 0.2) is 12.4 Å². The van der Waals surface area contributed by atoms with Crippen molar-refractivity contribution in [3.63, 3.8) is 0 Å². The van der Waals surface area contributed by atoms with E-state index in [9.17, 15) is 4.79 Å². The van der Waals surface area contributed by atoms with Gasteiger partial charge in [0.05, 0.1) is 6.04 Å². The molecule has 1 aliphatic rings. The van der Waals surface area contributed by atoms with E-state index in [1.807, 2.05) is 17.7 Å². The molecule has 0 unspecified atom stereocenters. The van der Waals surface area contributed by atoms with Gasteiger partial charge in [0.25, 0.3) is 0 Å². The highest BCUT2D eigenvalue weighted by molar-refractivity contribution is 5.85. The summed E-state index contributed by atoms with van der Waals surface area (Å²) in [5, 5.41) is 6.21. The van der Waals surface area contributed by atoms with Crippen LogP contribution in [0.1, 0.15) is 25.1 Å². The molecule has 2 N–H and O–H groups in total. The molecule has 0 saturated carbocycles. The van der Waals surface area contributed by atoms with Gasteiger partial charge in [-0.3, -0.25) is 4.79 Å². The Labute approximate surface area is 126 Å². The molecule has 0 radical (unpaired) electrons. The summed E-state index contributed by atoms with van der Waals surface area (Å²) in [6, 6.07) is 0.00707. The molecule has 2 heterocycles. The maximum Gasteiger partial charge on any atom is 0.237 e. The molecule has 5 nitrogen and oxygen atoms in total. The molecule has 7 heteroatoms. The number of hydrogen-bond donors (Lipinski definition) is 2. The molecule has 1 fully saturated rings. The third-order valence-electron chi connectivity index (χ3n) is 3.20. The summed E-state index contributed by atoms with van der Waals surface area (Å²) < 4.78 is 2.04. The fourth-order valence-corrected chi connectivity index (χ4v) is 2.14. The molecule has 1 aromatic heterocycles. The Kier molecular flexibility index (Phi) is 8.80. The molecular formula is C12H22Cl2N4O. The van der Waals surface area contributed by atoms with Crippen molar-refractivity contribution in [2.45, 2.75) is 38.8 Å². The van der Waals surface area contributed by atoms with Crippen molar-refractivity contribution in [1.29, 1.82) is 0 Å². The van der Waals surface area contributed by atoms with Crippen molar-refractivity contribution >= 4 is 30.7 Å². The lowest BCUT2D eigenvalue weighted by Crippen LogP contribution is -2.47. The third-order valence-corrected chi connectivity index (χ3v) is 3.20.